The lowest BCUT2D eigenvalue weighted by Crippen LogP contribution is -2.52. The fourth-order valence-corrected chi connectivity index (χ4v) is 6.76. The molecule has 2 aromatic carbocycles. The topological polar surface area (TPSA) is 172 Å². The zero-order chi connectivity index (χ0) is 40.2. The van der Waals surface area contributed by atoms with Gasteiger partial charge in [-0.2, -0.15) is 0 Å². The van der Waals surface area contributed by atoms with E-state index >= 15 is 0 Å². The maximum Gasteiger partial charge on any atom is 0.410 e. The van der Waals surface area contributed by atoms with Crippen molar-refractivity contribution in [2.24, 2.45) is 5.92 Å². The first kappa shape index (κ1) is 41.8. The summed E-state index contributed by atoms with van der Waals surface area (Å²) < 4.78 is 13.0. The summed E-state index contributed by atoms with van der Waals surface area (Å²) in [7, 11) is 0. The number of aryl methyl sites for hydroxylation is 2. The van der Waals surface area contributed by atoms with Gasteiger partial charge in [0.1, 0.15) is 23.3 Å². The number of rotatable bonds is 5. The second kappa shape index (κ2) is 17.2. The molecule has 2 saturated carbocycles. The number of carbonyl (C=O) groups is 3. The molecule has 3 heterocycles. The predicted molar refractivity (Wildman–Crippen MR) is 214 cm³/mol. The number of nitrogens with one attached hydrogen (secondary N) is 1. The number of anilines is 2. The lowest BCUT2D eigenvalue weighted by molar-refractivity contribution is -0.108. The molecule has 7 rings (SSSR count). The number of carbonyl (C=O) groups excluding carboxylic acids is 3. The standard InChI is InChI=1S/C21H29N3O3.C17H27N3O3.C4H6O/c1-13-5-8-16-15(11-13)22-19(14-6-7-14)24(16)17-9-10-23(12-18(17)25)20(26)27-21(2,3)4;1-11-5-6-13(12(18)9-11)19-14-7-8-20(10-15(14)21)16(22)23-17(2,3)4;5-3-4-1-2-4/h5,8,11,14,17-18,25H,6-7,9-10,12H2,1-4H3;5-6,9,14-15,19,21H,7-8,10,18H2,1-4H3;3-4H,1-2H2/t17-,18-;14-,15-;/m00./s1. The van der Waals surface area contributed by atoms with Gasteiger partial charge in [0.2, 0.25) is 0 Å². The van der Waals surface area contributed by atoms with E-state index in [0.29, 0.717) is 43.5 Å². The number of nitrogens with two attached hydrogens (primary N) is 1. The maximum absolute atomic E-state index is 12.4. The van der Waals surface area contributed by atoms with Crippen molar-refractivity contribution in [3.63, 3.8) is 0 Å². The van der Waals surface area contributed by atoms with Crippen LogP contribution in [0.1, 0.15) is 109 Å². The van der Waals surface area contributed by atoms with Gasteiger partial charge in [-0.15, -0.1) is 0 Å². The van der Waals surface area contributed by atoms with Crippen LogP contribution in [-0.4, -0.2) is 104 Å². The van der Waals surface area contributed by atoms with Crippen LogP contribution < -0.4 is 11.1 Å². The quantitative estimate of drug-likeness (QED) is 0.162. The van der Waals surface area contributed by atoms with Crippen LogP contribution in [0.25, 0.3) is 11.0 Å². The number of aliphatic hydroxyl groups is 2. The Balaban J connectivity index is 0.000000189. The summed E-state index contributed by atoms with van der Waals surface area (Å²) >= 11 is 0. The molecule has 2 aliphatic carbocycles. The number of aldehydes is 1. The van der Waals surface area contributed by atoms with Crippen molar-refractivity contribution in [3.8, 4) is 0 Å². The lowest BCUT2D eigenvalue weighted by Gasteiger charge is -2.38. The summed E-state index contributed by atoms with van der Waals surface area (Å²) in [6.45, 7) is 16.8. The molecule has 0 unspecified atom stereocenters. The van der Waals surface area contributed by atoms with Crippen LogP contribution in [0.15, 0.2) is 36.4 Å². The molecule has 4 atom stereocenters. The summed E-state index contributed by atoms with van der Waals surface area (Å²) in [5, 5.41) is 24.5. The van der Waals surface area contributed by atoms with Crippen LogP contribution in [0.3, 0.4) is 0 Å². The third kappa shape index (κ3) is 11.8. The second-order valence-corrected chi connectivity index (χ2v) is 17.6. The molecule has 13 nitrogen and oxygen atoms in total. The third-order valence-electron chi connectivity index (χ3n) is 9.94. The molecule has 0 bridgehead atoms. The Morgan fingerprint density at radius 1 is 0.818 bits per heavy atom. The van der Waals surface area contributed by atoms with Crippen molar-refractivity contribution in [3.05, 3.63) is 53.3 Å². The molecular formula is C42H62N6O7. The van der Waals surface area contributed by atoms with E-state index in [1.54, 1.807) is 9.80 Å². The molecule has 55 heavy (non-hydrogen) atoms. The van der Waals surface area contributed by atoms with Crippen molar-refractivity contribution in [1.82, 2.24) is 19.4 Å². The van der Waals surface area contributed by atoms with E-state index in [1.807, 2.05) is 66.7 Å². The highest BCUT2D eigenvalue weighted by Gasteiger charge is 2.38. The van der Waals surface area contributed by atoms with Gasteiger partial charge in [-0.05, 0) is 129 Å². The van der Waals surface area contributed by atoms with Crippen molar-refractivity contribution < 1.29 is 34.1 Å². The highest BCUT2D eigenvalue weighted by Crippen LogP contribution is 2.43. The van der Waals surface area contributed by atoms with Gasteiger partial charge in [0, 0.05) is 24.9 Å². The summed E-state index contributed by atoms with van der Waals surface area (Å²) in [4.78, 5) is 42.1. The van der Waals surface area contributed by atoms with Crippen LogP contribution in [0.4, 0.5) is 21.0 Å². The Hall–Kier alpha value is -4.36. The number of benzene rings is 2. The Labute approximate surface area is 325 Å². The number of nitrogen functional groups attached to an aromatic ring is 1. The number of ether oxygens (including phenoxy) is 2. The van der Waals surface area contributed by atoms with Crippen LogP contribution in [0.5, 0.6) is 0 Å². The molecule has 0 spiro atoms. The maximum atomic E-state index is 12.4. The van der Waals surface area contributed by atoms with E-state index in [-0.39, 0.29) is 37.4 Å². The number of aromatic nitrogens is 2. The number of likely N-dealkylation sites (tertiary alicyclic amines) is 2. The van der Waals surface area contributed by atoms with Gasteiger partial charge in [-0.25, -0.2) is 14.6 Å². The van der Waals surface area contributed by atoms with Crippen LogP contribution in [-0.2, 0) is 14.3 Å². The van der Waals surface area contributed by atoms with Crippen LogP contribution in [0.2, 0.25) is 0 Å². The first-order valence-electron chi connectivity index (χ1n) is 19.7. The van der Waals surface area contributed by atoms with Gasteiger partial charge >= 0.3 is 12.2 Å². The Morgan fingerprint density at radius 2 is 1.38 bits per heavy atom. The molecular weight excluding hydrogens is 700 g/mol. The van der Waals surface area contributed by atoms with Gasteiger partial charge in [-0.3, -0.25) is 0 Å². The number of fused-ring (bicyclic) bond motifs is 1. The van der Waals surface area contributed by atoms with Gasteiger partial charge in [0.05, 0.1) is 59.8 Å². The first-order valence-corrected chi connectivity index (χ1v) is 19.7. The minimum atomic E-state index is -0.669. The largest absolute Gasteiger partial charge is 0.444 e. The summed E-state index contributed by atoms with van der Waals surface area (Å²) in [5.41, 5.74) is 10.8. The van der Waals surface area contributed by atoms with Gasteiger partial charge in [-0.1, -0.05) is 12.1 Å². The molecule has 4 aliphatic rings. The van der Waals surface area contributed by atoms with Gasteiger partial charge in [0.15, 0.2) is 0 Å². The fourth-order valence-electron chi connectivity index (χ4n) is 6.76. The van der Waals surface area contributed by atoms with E-state index < -0.39 is 23.4 Å². The average molecular weight is 763 g/mol. The van der Waals surface area contributed by atoms with Gasteiger partial charge < -0.3 is 49.9 Å². The number of hydrogen-bond acceptors (Lipinski definition) is 10. The normalized spacial score (nSPS) is 22.8. The highest BCUT2D eigenvalue weighted by atomic mass is 16.6. The van der Waals surface area contributed by atoms with Crippen LogP contribution in [0, 0.1) is 19.8 Å². The molecule has 1 aromatic heterocycles. The SMILES string of the molecule is Cc1ccc(N[C@H]2CCN(C(=O)OC(C)(C)C)C[C@@H]2O)c(N)c1.Cc1ccc2c(c1)nc(C1CC1)n2[C@H]1CCN(C(=O)OC(C)(C)C)C[C@@H]1O.O=CC1CC1. The summed E-state index contributed by atoms with van der Waals surface area (Å²) in [6, 6.07) is 11.9. The highest BCUT2D eigenvalue weighted by molar-refractivity contribution is 5.77. The molecule has 13 heteroatoms. The first-order chi connectivity index (χ1) is 25.8. The predicted octanol–water partition coefficient (Wildman–Crippen LogP) is 6.72. The molecule has 2 saturated heterocycles. The molecule has 0 radical (unpaired) electrons. The number of hydrogen-bond donors (Lipinski definition) is 4. The summed E-state index contributed by atoms with van der Waals surface area (Å²) in [6.07, 6.45) is 4.92. The Bertz CT molecular complexity index is 1810. The van der Waals surface area contributed by atoms with Crippen LogP contribution >= 0.6 is 0 Å². The van der Waals surface area contributed by atoms with E-state index in [4.69, 9.17) is 20.2 Å². The fraction of sp³-hybridized carbons (Fsp3) is 0.619. The third-order valence-corrected chi connectivity index (χ3v) is 9.94. The van der Waals surface area contributed by atoms with Crippen molar-refractivity contribution in [2.45, 2.75) is 135 Å². The molecule has 2 aliphatic heterocycles. The van der Waals surface area contributed by atoms with E-state index in [9.17, 15) is 24.6 Å². The molecule has 302 valence electrons. The average Bonchev–Trinajstić information content (AvgIpc) is 4.03. The Kier molecular flexibility index (Phi) is 13.1. The van der Waals surface area contributed by atoms with Crippen molar-refractivity contribution in [1.29, 1.82) is 0 Å². The van der Waals surface area contributed by atoms with E-state index in [1.165, 1.54) is 5.56 Å². The minimum absolute atomic E-state index is 0.0630. The molecule has 5 N–H and O–H groups in total. The number of piperidine rings is 2. The number of imidazole rings is 1. The number of β-amino-alcohol motifs (C(OH)–C–C–N with tert-alkyl or cyclic N) is 2. The van der Waals surface area contributed by atoms with E-state index in [2.05, 4.69) is 35.0 Å². The van der Waals surface area contributed by atoms with Gasteiger partial charge in [0.25, 0.3) is 0 Å². The summed E-state index contributed by atoms with van der Waals surface area (Å²) in [5.74, 6) is 2.04. The Morgan fingerprint density at radius 3 is 1.87 bits per heavy atom. The number of nitrogens with zero attached hydrogens (tertiary/aromatic N) is 4. The lowest BCUT2D eigenvalue weighted by atomic mass is 10.0. The number of aliphatic hydroxyl groups excluding tert-OH is 2. The minimum Gasteiger partial charge on any atom is -0.444 e. The zero-order valence-corrected chi connectivity index (χ0v) is 33.9. The van der Waals surface area contributed by atoms with Crippen molar-refractivity contribution in [2.75, 3.05) is 37.2 Å². The molecule has 2 amide bonds. The smallest absolute Gasteiger partial charge is 0.410 e. The molecule has 3 aromatic rings. The zero-order valence-electron chi connectivity index (χ0n) is 33.9. The van der Waals surface area contributed by atoms with Crippen molar-refractivity contribution >= 4 is 40.9 Å². The van der Waals surface area contributed by atoms with E-state index in [0.717, 1.165) is 60.1 Å². The number of amides is 2. The second-order valence-electron chi connectivity index (χ2n) is 17.6. The molecule has 4 fully saturated rings. The monoisotopic (exact) mass is 762 g/mol.